The monoisotopic (exact) mass is 400 g/mol. The molecule has 27 heavy (non-hydrogen) atoms. The summed E-state index contributed by atoms with van der Waals surface area (Å²) < 4.78 is 69.7. The van der Waals surface area contributed by atoms with E-state index in [2.05, 4.69) is 15.9 Å². The molecule has 0 atom stereocenters. The first-order valence-electron chi connectivity index (χ1n) is 7.93. The molecule has 11 heteroatoms. The molecular weight excluding hydrogens is 385 g/mol. The molecule has 1 aliphatic carbocycles. The molecule has 144 valence electrons. The predicted octanol–water partition coefficient (Wildman–Crippen LogP) is 2.34. The second-order valence-electron chi connectivity index (χ2n) is 6.07. The Morgan fingerprint density at radius 3 is 2.52 bits per heavy atom. The van der Waals surface area contributed by atoms with Crippen LogP contribution in [0.4, 0.5) is 13.2 Å². The number of nitrogens with one attached hydrogen (secondary N) is 2. The number of alkyl halides is 3. The van der Waals surface area contributed by atoms with E-state index in [4.69, 9.17) is 10.00 Å². The van der Waals surface area contributed by atoms with Crippen molar-refractivity contribution in [3.05, 3.63) is 41.7 Å². The zero-order valence-electron chi connectivity index (χ0n) is 13.9. The van der Waals surface area contributed by atoms with E-state index in [-0.39, 0.29) is 18.0 Å². The Bertz CT molecular complexity index is 958. The average molecular weight is 400 g/mol. The summed E-state index contributed by atoms with van der Waals surface area (Å²) in [6.45, 7) is -0.536. The third-order valence-electron chi connectivity index (χ3n) is 4.22. The van der Waals surface area contributed by atoms with Crippen molar-refractivity contribution in [1.29, 1.82) is 5.26 Å². The van der Waals surface area contributed by atoms with Crippen molar-refractivity contribution in [1.82, 2.24) is 14.9 Å². The summed E-state index contributed by atoms with van der Waals surface area (Å²) in [6, 6.07) is 8.22. The zero-order chi connectivity index (χ0) is 19.7. The Morgan fingerprint density at radius 1 is 1.30 bits per heavy atom. The lowest BCUT2D eigenvalue weighted by Crippen LogP contribution is -2.28. The molecule has 1 aromatic heterocycles. The van der Waals surface area contributed by atoms with Crippen molar-refractivity contribution in [2.75, 3.05) is 13.2 Å². The van der Waals surface area contributed by atoms with Gasteiger partial charge in [0.1, 0.15) is 6.61 Å². The molecule has 0 bridgehead atoms. The normalized spacial score (nSPS) is 15.9. The summed E-state index contributed by atoms with van der Waals surface area (Å²) in [5.41, 5.74) is -0.871. The van der Waals surface area contributed by atoms with Crippen LogP contribution in [0, 0.1) is 11.3 Å². The molecule has 1 fully saturated rings. The highest BCUT2D eigenvalue weighted by atomic mass is 32.2. The van der Waals surface area contributed by atoms with Crippen LogP contribution < -0.4 is 9.46 Å². The zero-order valence-corrected chi connectivity index (χ0v) is 14.7. The lowest BCUT2D eigenvalue weighted by Gasteiger charge is -2.11. The molecule has 0 saturated heterocycles. The molecule has 7 nitrogen and oxygen atoms in total. The van der Waals surface area contributed by atoms with Gasteiger partial charge in [0.2, 0.25) is 10.0 Å². The molecular formula is C16H15F3N4O3S. The number of sulfonamides is 1. The lowest BCUT2D eigenvalue weighted by molar-refractivity contribution is -0.142. The van der Waals surface area contributed by atoms with Crippen LogP contribution >= 0.6 is 0 Å². The minimum atomic E-state index is -4.64. The van der Waals surface area contributed by atoms with Gasteiger partial charge in [0.15, 0.2) is 11.4 Å². The number of halogens is 3. The summed E-state index contributed by atoms with van der Waals surface area (Å²) >= 11 is 0. The number of hydrogen-bond acceptors (Lipinski definition) is 5. The van der Waals surface area contributed by atoms with Crippen LogP contribution in [0.25, 0.3) is 0 Å². The van der Waals surface area contributed by atoms with Gasteiger partial charge in [0, 0.05) is 6.54 Å². The highest BCUT2D eigenvalue weighted by Gasteiger charge is 2.44. The molecule has 2 N–H and O–H groups in total. The second-order valence-corrected chi connectivity index (χ2v) is 7.84. The van der Waals surface area contributed by atoms with Gasteiger partial charge in [0.05, 0.1) is 22.6 Å². The van der Waals surface area contributed by atoms with Gasteiger partial charge in [-0.3, -0.25) is 5.10 Å². The van der Waals surface area contributed by atoms with E-state index >= 15 is 0 Å². The van der Waals surface area contributed by atoms with Crippen molar-refractivity contribution in [3.63, 3.8) is 0 Å². The maximum absolute atomic E-state index is 12.7. The smallest absolute Gasteiger partial charge is 0.436 e. The van der Waals surface area contributed by atoms with E-state index in [1.807, 2.05) is 0 Å². The van der Waals surface area contributed by atoms with E-state index in [0.29, 0.717) is 0 Å². The highest BCUT2D eigenvalue weighted by molar-refractivity contribution is 7.89. The summed E-state index contributed by atoms with van der Waals surface area (Å²) in [6.07, 6.45) is -2.27. The van der Waals surface area contributed by atoms with Gasteiger partial charge in [-0.1, -0.05) is 12.1 Å². The predicted molar refractivity (Wildman–Crippen MR) is 87.2 cm³/mol. The number of nitriles is 1. The number of ether oxygens (including phenoxy) is 1. The molecule has 0 spiro atoms. The van der Waals surface area contributed by atoms with E-state index in [1.54, 1.807) is 17.2 Å². The van der Waals surface area contributed by atoms with Crippen molar-refractivity contribution < 1.29 is 26.3 Å². The van der Waals surface area contributed by atoms with Crippen molar-refractivity contribution in [2.45, 2.75) is 29.3 Å². The van der Waals surface area contributed by atoms with Gasteiger partial charge < -0.3 is 4.74 Å². The Morgan fingerprint density at radius 2 is 1.96 bits per heavy atom. The summed E-state index contributed by atoms with van der Waals surface area (Å²) in [5, 5.41) is 14.2. The number of rotatable bonds is 7. The van der Waals surface area contributed by atoms with Gasteiger partial charge in [-0.15, -0.1) is 0 Å². The molecule has 1 saturated carbocycles. The molecule has 1 aromatic carbocycles. The first-order valence-corrected chi connectivity index (χ1v) is 9.41. The van der Waals surface area contributed by atoms with Crippen LogP contribution in [-0.2, 0) is 21.6 Å². The number of nitrogens with zero attached hydrogens (tertiary/aromatic N) is 2. The van der Waals surface area contributed by atoms with Crippen LogP contribution in [-0.4, -0.2) is 31.8 Å². The van der Waals surface area contributed by atoms with Gasteiger partial charge in [0.25, 0.3) is 0 Å². The fourth-order valence-electron chi connectivity index (χ4n) is 2.55. The van der Waals surface area contributed by atoms with Crippen LogP contribution in [0.2, 0.25) is 0 Å². The molecule has 1 heterocycles. The largest absolute Gasteiger partial charge is 0.488 e. The molecule has 2 aromatic rings. The number of aromatic amines is 1. The molecule has 0 unspecified atom stereocenters. The lowest BCUT2D eigenvalue weighted by atomic mass is 9.98. The van der Waals surface area contributed by atoms with E-state index < -0.39 is 33.1 Å². The molecule has 1 aliphatic rings. The topological polar surface area (TPSA) is 108 Å². The third kappa shape index (κ3) is 4.06. The fraction of sp³-hybridized carbons (Fsp3) is 0.375. The first kappa shape index (κ1) is 19.2. The van der Waals surface area contributed by atoms with E-state index in [1.165, 1.54) is 12.1 Å². The number of aromatic nitrogens is 2. The summed E-state index contributed by atoms with van der Waals surface area (Å²) in [7, 11) is -3.85. The fourth-order valence-corrected chi connectivity index (χ4v) is 3.56. The van der Waals surface area contributed by atoms with Crippen LogP contribution in [0.3, 0.4) is 0 Å². The second kappa shape index (κ2) is 6.86. The molecule has 0 amide bonds. The Kier molecular flexibility index (Phi) is 4.88. The number of H-pyrrole nitrogens is 1. The number of hydrogen-bond donors (Lipinski definition) is 2. The minimum absolute atomic E-state index is 0.000665. The van der Waals surface area contributed by atoms with Gasteiger partial charge in [-0.2, -0.15) is 23.5 Å². The molecule has 3 rings (SSSR count). The molecule has 0 radical (unpaired) electrons. The highest BCUT2D eigenvalue weighted by Crippen LogP contribution is 2.47. The maximum atomic E-state index is 12.7. The van der Waals surface area contributed by atoms with Gasteiger partial charge >= 0.3 is 6.18 Å². The number of benzene rings is 1. The van der Waals surface area contributed by atoms with Crippen LogP contribution in [0.15, 0.2) is 35.4 Å². The van der Waals surface area contributed by atoms with Crippen molar-refractivity contribution in [3.8, 4) is 11.8 Å². The van der Waals surface area contributed by atoms with Crippen LogP contribution in [0.5, 0.6) is 5.75 Å². The Hall–Kier alpha value is -2.58. The summed E-state index contributed by atoms with van der Waals surface area (Å²) in [4.78, 5) is -0.000665. The Labute approximate surface area is 153 Å². The van der Waals surface area contributed by atoms with Crippen molar-refractivity contribution >= 4 is 10.0 Å². The maximum Gasteiger partial charge on any atom is 0.436 e. The van der Waals surface area contributed by atoms with Gasteiger partial charge in [-0.25, -0.2) is 13.1 Å². The van der Waals surface area contributed by atoms with Crippen molar-refractivity contribution in [2.24, 2.45) is 0 Å². The average Bonchev–Trinajstić information content (AvgIpc) is 3.27. The van der Waals surface area contributed by atoms with E-state index in [0.717, 1.165) is 24.6 Å². The standard InChI is InChI=1S/C16H15F3N4O3S/c17-16(18,19)14-13(9-21-23-14)26-8-7-22-27(24,25)12-3-1-11(2-4-12)15(10-20)5-6-15/h1-4,9,22H,5-8H2,(H,21,23). The van der Waals surface area contributed by atoms with Crippen LogP contribution in [0.1, 0.15) is 24.1 Å². The Balaban J connectivity index is 1.57. The van der Waals surface area contributed by atoms with E-state index in [9.17, 15) is 21.6 Å². The summed E-state index contributed by atoms with van der Waals surface area (Å²) in [5.74, 6) is -0.503. The molecule has 0 aliphatic heterocycles. The van der Waals surface area contributed by atoms with Gasteiger partial charge in [-0.05, 0) is 30.5 Å². The minimum Gasteiger partial charge on any atom is -0.488 e. The quantitative estimate of drug-likeness (QED) is 0.694. The first-order chi connectivity index (χ1) is 12.7. The SMILES string of the molecule is N#CC1(c2ccc(S(=O)(=O)NCCOc3cn[nH]c3C(F)(F)F)cc2)CC1. The third-order valence-corrected chi connectivity index (χ3v) is 5.70.